The Morgan fingerprint density at radius 2 is 1.55 bits per heavy atom. The third-order valence-corrected chi connectivity index (χ3v) is 6.38. The normalized spacial score (nSPS) is 12.5. The zero-order valence-electron chi connectivity index (χ0n) is 17.7. The number of likely N-dealkylation sites (N-methyl/N-ethyl adjacent to an activating group) is 1. The second-order valence-corrected chi connectivity index (χ2v) is 9.21. The number of hydrogen-bond acceptors (Lipinski definition) is 4. The van der Waals surface area contributed by atoms with Crippen molar-refractivity contribution in [2.24, 2.45) is 0 Å². The lowest BCUT2D eigenvalue weighted by Gasteiger charge is -2.25. The highest BCUT2D eigenvalue weighted by molar-refractivity contribution is 7.89. The smallest absolute Gasteiger partial charge is 0.251 e. The maximum Gasteiger partial charge on any atom is 0.251 e. The molecule has 0 heterocycles. The summed E-state index contributed by atoms with van der Waals surface area (Å²) in [5.74, 6) is -0.317. The number of carbonyl (C=O) groups excluding carboxylic acids is 1. The minimum absolute atomic E-state index is 0.00426. The van der Waals surface area contributed by atoms with Crippen LogP contribution in [0.1, 0.15) is 27.5 Å². The first kappa shape index (κ1) is 22.7. The Labute approximate surface area is 184 Å². The summed E-state index contributed by atoms with van der Waals surface area (Å²) in [4.78, 5) is 14.8. The topological polar surface area (TPSA) is 78.5 Å². The van der Waals surface area contributed by atoms with E-state index in [0.29, 0.717) is 12.1 Å². The van der Waals surface area contributed by atoms with Crippen LogP contribution in [-0.4, -0.2) is 39.9 Å². The van der Waals surface area contributed by atoms with E-state index in [1.165, 1.54) is 12.1 Å². The zero-order chi connectivity index (χ0) is 22.3. The predicted molar refractivity (Wildman–Crippen MR) is 122 cm³/mol. The number of benzene rings is 3. The number of rotatable bonds is 9. The Morgan fingerprint density at radius 1 is 0.903 bits per heavy atom. The van der Waals surface area contributed by atoms with Crippen molar-refractivity contribution in [1.82, 2.24) is 14.9 Å². The highest BCUT2D eigenvalue weighted by Crippen LogP contribution is 2.17. The zero-order valence-corrected chi connectivity index (χ0v) is 18.5. The van der Waals surface area contributed by atoms with Gasteiger partial charge in [0.1, 0.15) is 0 Å². The highest BCUT2D eigenvalue weighted by atomic mass is 32.2. The fraction of sp³-hybridized carbons (Fsp3) is 0.208. The van der Waals surface area contributed by atoms with E-state index in [1.807, 2.05) is 79.7 Å². The minimum atomic E-state index is -3.74. The van der Waals surface area contributed by atoms with Crippen molar-refractivity contribution in [3.8, 4) is 0 Å². The van der Waals surface area contributed by atoms with E-state index in [4.69, 9.17) is 0 Å². The van der Waals surface area contributed by atoms with Crippen LogP contribution in [0, 0.1) is 0 Å². The van der Waals surface area contributed by atoms with E-state index in [1.54, 1.807) is 12.1 Å². The molecule has 1 atom stereocenters. The first-order valence-electron chi connectivity index (χ1n) is 10.00. The fourth-order valence-corrected chi connectivity index (χ4v) is 4.29. The molecule has 0 aromatic heterocycles. The summed E-state index contributed by atoms with van der Waals surface area (Å²) in [5, 5.41) is 2.92. The first-order chi connectivity index (χ1) is 14.9. The van der Waals surface area contributed by atoms with Crippen LogP contribution in [0.3, 0.4) is 0 Å². The molecule has 0 aliphatic carbocycles. The Morgan fingerprint density at radius 3 is 2.19 bits per heavy atom. The van der Waals surface area contributed by atoms with E-state index < -0.39 is 10.0 Å². The molecule has 0 radical (unpaired) electrons. The highest BCUT2D eigenvalue weighted by Gasteiger charge is 2.18. The third-order valence-electron chi connectivity index (χ3n) is 4.98. The summed E-state index contributed by atoms with van der Waals surface area (Å²) in [5.41, 5.74) is 2.25. The van der Waals surface area contributed by atoms with Gasteiger partial charge in [-0.1, -0.05) is 66.7 Å². The number of hydrogen-bond donors (Lipinski definition) is 2. The average molecular weight is 438 g/mol. The molecule has 162 valence electrons. The van der Waals surface area contributed by atoms with Gasteiger partial charge in [0.05, 0.1) is 10.9 Å². The van der Waals surface area contributed by atoms with Crippen LogP contribution in [0.5, 0.6) is 0 Å². The van der Waals surface area contributed by atoms with Crippen LogP contribution in [0.15, 0.2) is 89.8 Å². The van der Waals surface area contributed by atoms with E-state index >= 15 is 0 Å². The van der Waals surface area contributed by atoms with Gasteiger partial charge in [0.25, 0.3) is 5.91 Å². The Bertz CT molecular complexity index is 1100. The van der Waals surface area contributed by atoms with Crippen LogP contribution in [0.2, 0.25) is 0 Å². The van der Waals surface area contributed by atoms with Crippen molar-refractivity contribution < 1.29 is 13.2 Å². The lowest BCUT2D eigenvalue weighted by molar-refractivity contribution is 0.0941. The van der Waals surface area contributed by atoms with Gasteiger partial charge >= 0.3 is 0 Å². The summed E-state index contributed by atoms with van der Waals surface area (Å²) in [7, 11) is 0.167. The maximum absolute atomic E-state index is 12.7. The van der Waals surface area contributed by atoms with Crippen LogP contribution < -0.4 is 10.0 Å². The lowest BCUT2D eigenvalue weighted by atomic mass is 10.1. The maximum atomic E-state index is 12.7. The third kappa shape index (κ3) is 6.24. The van der Waals surface area contributed by atoms with Crippen molar-refractivity contribution in [3.63, 3.8) is 0 Å². The van der Waals surface area contributed by atoms with Gasteiger partial charge in [0, 0.05) is 18.7 Å². The van der Waals surface area contributed by atoms with Crippen molar-refractivity contribution in [3.05, 3.63) is 102 Å². The number of carbonyl (C=O) groups is 1. The molecule has 7 heteroatoms. The second-order valence-electron chi connectivity index (χ2n) is 7.44. The van der Waals surface area contributed by atoms with Crippen molar-refractivity contribution in [1.29, 1.82) is 0 Å². The van der Waals surface area contributed by atoms with Gasteiger partial charge in [-0.25, -0.2) is 13.1 Å². The van der Waals surface area contributed by atoms with E-state index in [9.17, 15) is 13.2 Å². The van der Waals surface area contributed by atoms with Crippen molar-refractivity contribution >= 4 is 15.9 Å². The van der Waals surface area contributed by atoms with Crippen molar-refractivity contribution in [2.45, 2.75) is 17.5 Å². The molecular formula is C24H27N3O3S. The molecule has 1 amide bonds. The quantitative estimate of drug-likeness (QED) is 0.539. The molecule has 0 aliphatic rings. The molecule has 0 bridgehead atoms. The molecular weight excluding hydrogens is 410 g/mol. The van der Waals surface area contributed by atoms with E-state index in [0.717, 1.165) is 11.1 Å². The predicted octanol–water partition coefficient (Wildman–Crippen LogP) is 3.20. The van der Waals surface area contributed by atoms with E-state index in [2.05, 4.69) is 10.0 Å². The molecule has 0 aliphatic heterocycles. The van der Waals surface area contributed by atoms with Crippen LogP contribution >= 0.6 is 0 Å². The molecule has 6 nitrogen and oxygen atoms in total. The minimum Gasteiger partial charge on any atom is -0.350 e. The number of nitrogens with zero attached hydrogens (tertiary/aromatic N) is 1. The summed E-state index contributed by atoms with van der Waals surface area (Å²) in [6, 6.07) is 25.3. The Kier molecular flexibility index (Phi) is 7.57. The summed E-state index contributed by atoms with van der Waals surface area (Å²) >= 11 is 0. The second kappa shape index (κ2) is 10.3. The SMILES string of the molecule is CN(C)[C@@H](CNC(=O)c1cccc(S(=O)(=O)NCc2ccccc2)c1)c1ccccc1. The van der Waals surface area contributed by atoms with Gasteiger partial charge in [0.2, 0.25) is 10.0 Å². The van der Waals surface area contributed by atoms with Gasteiger partial charge in [-0.2, -0.15) is 0 Å². The van der Waals surface area contributed by atoms with E-state index in [-0.39, 0.29) is 23.4 Å². The largest absolute Gasteiger partial charge is 0.350 e. The number of sulfonamides is 1. The van der Waals surface area contributed by atoms with Crippen molar-refractivity contribution in [2.75, 3.05) is 20.6 Å². The van der Waals surface area contributed by atoms with Gasteiger partial charge in [0.15, 0.2) is 0 Å². The van der Waals surface area contributed by atoms with Gasteiger partial charge in [-0.3, -0.25) is 4.79 Å². The molecule has 3 aromatic carbocycles. The standard InChI is InChI=1S/C24H27N3O3S/c1-27(2)23(20-12-7-4-8-13-20)18-25-24(28)21-14-9-15-22(16-21)31(29,30)26-17-19-10-5-3-6-11-19/h3-16,23,26H,17-18H2,1-2H3,(H,25,28)/t23-/m0/s1. The molecule has 0 unspecified atom stereocenters. The number of nitrogens with one attached hydrogen (secondary N) is 2. The van der Waals surface area contributed by atoms with Gasteiger partial charge < -0.3 is 10.2 Å². The van der Waals surface area contributed by atoms with Gasteiger partial charge in [-0.15, -0.1) is 0 Å². The lowest BCUT2D eigenvalue weighted by Crippen LogP contribution is -2.34. The number of amides is 1. The van der Waals surface area contributed by atoms with Gasteiger partial charge in [-0.05, 0) is 43.4 Å². The monoisotopic (exact) mass is 437 g/mol. The molecule has 31 heavy (non-hydrogen) atoms. The average Bonchev–Trinajstić information content (AvgIpc) is 2.79. The van der Waals surface area contributed by atoms with Crippen LogP contribution in [0.25, 0.3) is 0 Å². The molecule has 0 saturated heterocycles. The molecule has 2 N–H and O–H groups in total. The summed E-state index contributed by atoms with van der Waals surface area (Å²) in [6.45, 7) is 0.584. The molecule has 3 rings (SSSR count). The summed E-state index contributed by atoms with van der Waals surface area (Å²) in [6.07, 6.45) is 0. The van der Waals surface area contributed by atoms with Crippen LogP contribution in [-0.2, 0) is 16.6 Å². The molecule has 0 saturated carbocycles. The molecule has 3 aromatic rings. The molecule has 0 spiro atoms. The first-order valence-corrected chi connectivity index (χ1v) is 11.5. The summed E-state index contributed by atoms with van der Waals surface area (Å²) < 4.78 is 27.9. The fourth-order valence-electron chi connectivity index (χ4n) is 3.23. The molecule has 0 fully saturated rings. The Balaban J connectivity index is 1.68. The Hall–Kier alpha value is -3.00. The van der Waals surface area contributed by atoms with Crippen LogP contribution in [0.4, 0.5) is 0 Å².